The van der Waals surface area contributed by atoms with Gasteiger partial charge in [-0.05, 0) is 12.3 Å². The Morgan fingerprint density at radius 2 is 1.75 bits per heavy atom. The lowest BCUT2D eigenvalue weighted by Crippen LogP contribution is -2.32. The standard InChI is InChI=1S/C7H15NO2.C2H5NO2.ClH/c1-5(2)4-6(8)7(9)10-3;3-1-2(4)5;/h5-6H,4,8H2,1-3H3;1,3H2,(H,4,5);1H. The van der Waals surface area contributed by atoms with Crippen molar-refractivity contribution in [2.45, 2.75) is 26.3 Å². The third-order valence-corrected chi connectivity index (χ3v) is 1.40. The zero-order valence-corrected chi connectivity index (χ0v) is 10.6. The van der Waals surface area contributed by atoms with E-state index in [1.54, 1.807) is 0 Å². The van der Waals surface area contributed by atoms with Crippen LogP contribution in [0.5, 0.6) is 0 Å². The van der Waals surface area contributed by atoms with E-state index in [0.717, 1.165) is 0 Å². The van der Waals surface area contributed by atoms with Crippen LogP contribution in [-0.4, -0.2) is 36.7 Å². The first-order valence-electron chi connectivity index (χ1n) is 4.60. The number of methoxy groups -OCH3 is 1. The molecule has 98 valence electrons. The minimum absolute atomic E-state index is 0. The number of carbonyl (C=O) groups excluding carboxylic acids is 1. The fourth-order valence-corrected chi connectivity index (χ4v) is 0.755. The van der Waals surface area contributed by atoms with Gasteiger partial charge in [-0.25, -0.2) is 0 Å². The molecule has 0 rings (SSSR count). The Kier molecular flexibility index (Phi) is 15.7. The van der Waals surface area contributed by atoms with E-state index in [-0.39, 0.29) is 24.9 Å². The van der Waals surface area contributed by atoms with Gasteiger partial charge in [0.1, 0.15) is 6.04 Å². The third kappa shape index (κ3) is 15.6. The van der Waals surface area contributed by atoms with Gasteiger partial charge in [0.05, 0.1) is 13.7 Å². The lowest BCUT2D eigenvalue weighted by Gasteiger charge is -2.10. The Labute approximate surface area is 102 Å². The number of carboxylic acid groups (broad SMARTS) is 1. The van der Waals surface area contributed by atoms with Crippen LogP contribution in [-0.2, 0) is 14.3 Å². The molecule has 0 aromatic heterocycles. The van der Waals surface area contributed by atoms with Crippen LogP contribution in [0.15, 0.2) is 0 Å². The van der Waals surface area contributed by atoms with Gasteiger partial charge < -0.3 is 21.3 Å². The number of rotatable bonds is 4. The first kappa shape index (κ1) is 20.5. The molecule has 0 aromatic rings. The van der Waals surface area contributed by atoms with E-state index in [9.17, 15) is 9.59 Å². The van der Waals surface area contributed by atoms with Crippen LogP contribution in [0.25, 0.3) is 0 Å². The zero-order chi connectivity index (χ0) is 12.4. The average Bonchev–Trinajstić information content (AvgIpc) is 2.16. The van der Waals surface area contributed by atoms with E-state index in [4.69, 9.17) is 10.8 Å². The summed E-state index contributed by atoms with van der Waals surface area (Å²) >= 11 is 0. The number of esters is 1. The van der Waals surface area contributed by atoms with Gasteiger partial charge in [-0.1, -0.05) is 13.8 Å². The van der Waals surface area contributed by atoms with Crippen molar-refractivity contribution in [3.8, 4) is 0 Å². The van der Waals surface area contributed by atoms with Crippen molar-refractivity contribution in [1.82, 2.24) is 0 Å². The second kappa shape index (κ2) is 12.2. The van der Waals surface area contributed by atoms with Crippen molar-refractivity contribution in [2.24, 2.45) is 17.4 Å². The summed E-state index contributed by atoms with van der Waals surface area (Å²) in [6.07, 6.45) is 0.687. The normalized spacial score (nSPS) is 10.6. The number of carbonyl (C=O) groups is 2. The second-order valence-electron chi connectivity index (χ2n) is 3.36. The molecule has 0 aliphatic carbocycles. The van der Waals surface area contributed by atoms with Crippen LogP contribution < -0.4 is 11.5 Å². The Balaban J connectivity index is -0.000000242. The average molecular weight is 257 g/mol. The lowest BCUT2D eigenvalue weighted by atomic mass is 10.1. The summed E-state index contributed by atoms with van der Waals surface area (Å²) < 4.78 is 4.45. The summed E-state index contributed by atoms with van der Waals surface area (Å²) in [5.41, 5.74) is 10.0. The molecule has 6 nitrogen and oxygen atoms in total. The molecule has 0 spiro atoms. The first-order chi connectivity index (χ1) is 6.84. The van der Waals surface area contributed by atoms with Crippen molar-refractivity contribution in [3.63, 3.8) is 0 Å². The highest BCUT2D eigenvalue weighted by Crippen LogP contribution is 2.02. The molecule has 0 bridgehead atoms. The molecule has 0 saturated carbocycles. The number of nitrogens with two attached hydrogens (primary N) is 2. The maximum Gasteiger partial charge on any atom is 0.322 e. The SMILES string of the molecule is COC(=O)C(N)CC(C)C.Cl.NCC(=O)O. The topological polar surface area (TPSA) is 116 Å². The molecule has 0 aliphatic rings. The molecule has 1 unspecified atom stereocenters. The molecule has 0 heterocycles. The fourth-order valence-electron chi connectivity index (χ4n) is 0.755. The van der Waals surface area contributed by atoms with E-state index in [0.29, 0.717) is 12.3 Å². The van der Waals surface area contributed by atoms with Crippen LogP contribution in [0, 0.1) is 5.92 Å². The summed E-state index contributed by atoms with van der Waals surface area (Å²) in [5, 5.41) is 7.60. The molecule has 1 atom stereocenters. The van der Waals surface area contributed by atoms with Gasteiger partial charge in [-0.15, -0.1) is 12.4 Å². The van der Waals surface area contributed by atoms with Gasteiger partial charge >= 0.3 is 11.9 Å². The van der Waals surface area contributed by atoms with E-state index in [2.05, 4.69) is 10.5 Å². The molecule has 0 aliphatic heterocycles. The van der Waals surface area contributed by atoms with Crippen molar-refractivity contribution in [1.29, 1.82) is 0 Å². The summed E-state index contributed by atoms with van der Waals surface area (Å²) in [6, 6.07) is -0.454. The summed E-state index contributed by atoms with van der Waals surface area (Å²) in [6.45, 7) is 3.76. The summed E-state index contributed by atoms with van der Waals surface area (Å²) in [5.74, 6) is -0.854. The van der Waals surface area contributed by atoms with Crippen LogP contribution in [0.4, 0.5) is 0 Å². The molecular formula is C9H21ClN2O4. The van der Waals surface area contributed by atoms with Gasteiger partial charge in [-0.2, -0.15) is 0 Å². The van der Waals surface area contributed by atoms with Crippen LogP contribution in [0.3, 0.4) is 0 Å². The molecular weight excluding hydrogens is 236 g/mol. The van der Waals surface area contributed by atoms with E-state index in [1.807, 2.05) is 13.8 Å². The van der Waals surface area contributed by atoms with Crippen LogP contribution in [0.1, 0.15) is 20.3 Å². The number of hydrogen-bond donors (Lipinski definition) is 3. The molecule has 0 radical (unpaired) electrons. The molecule has 5 N–H and O–H groups in total. The first-order valence-corrected chi connectivity index (χ1v) is 4.60. The predicted octanol–water partition coefficient (Wildman–Crippen LogP) is -0.0157. The third-order valence-electron chi connectivity index (χ3n) is 1.40. The van der Waals surface area contributed by atoms with Gasteiger partial charge in [0.15, 0.2) is 0 Å². The van der Waals surface area contributed by atoms with Gasteiger partial charge in [0.25, 0.3) is 0 Å². The maximum atomic E-state index is 10.7. The highest BCUT2D eigenvalue weighted by Gasteiger charge is 2.14. The molecule has 7 heteroatoms. The van der Waals surface area contributed by atoms with Crippen molar-refractivity contribution < 1.29 is 19.4 Å². The van der Waals surface area contributed by atoms with Crippen LogP contribution in [0.2, 0.25) is 0 Å². The van der Waals surface area contributed by atoms with Crippen LogP contribution >= 0.6 is 12.4 Å². The molecule has 16 heavy (non-hydrogen) atoms. The van der Waals surface area contributed by atoms with Crippen molar-refractivity contribution in [2.75, 3.05) is 13.7 Å². The molecule has 0 saturated heterocycles. The maximum absolute atomic E-state index is 10.7. The molecule has 0 amide bonds. The van der Waals surface area contributed by atoms with Crippen molar-refractivity contribution in [3.05, 3.63) is 0 Å². The zero-order valence-electron chi connectivity index (χ0n) is 9.80. The predicted molar refractivity (Wildman–Crippen MR) is 63.4 cm³/mol. The molecule has 0 aromatic carbocycles. The van der Waals surface area contributed by atoms with E-state index >= 15 is 0 Å². The second-order valence-corrected chi connectivity index (χ2v) is 3.36. The number of carboxylic acids is 1. The van der Waals surface area contributed by atoms with Crippen molar-refractivity contribution >= 4 is 24.3 Å². The minimum Gasteiger partial charge on any atom is -0.480 e. The van der Waals surface area contributed by atoms with E-state index < -0.39 is 12.0 Å². The quantitative estimate of drug-likeness (QED) is 0.609. The number of halogens is 1. The smallest absolute Gasteiger partial charge is 0.322 e. The van der Waals surface area contributed by atoms with Gasteiger partial charge in [0.2, 0.25) is 0 Å². The highest BCUT2D eigenvalue weighted by atomic mass is 35.5. The Hall–Kier alpha value is -0.850. The van der Waals surface area contributed by atoms with Gasteiger partial charge in [-0.3, -0.25) is 9.59 Å². The number of hydrogen-bond acceptors (Lipinski definition) is 5. The highest BCUT2D eigenvalue weighted by molar-refractivity contribution is 5.85. The summed E-state index contributed by atoms with van der Waals surface area (Å²) in [4.78, 5) is 19.9. The van der Waals surface area contributed by atoms with E-state index in [1.165, 1.54) is 7.11 Å². The monoisotopic (exact) mass is 256 g/mol. The summed E-state index contributed by atoms with van der Waals surface area (Å²) in [7, 11) is 1.35. The fraction of sp³-hybridized carbons (Fsp3) is 0.778. The van der Waals surface area contributed by atoms with Gasteiger partial charge in [0, 0.05) is 0 Å². The largest absolute Gasteiger partial charge is 0.480 e. The number of aliphatic carboxylic acids is 1. The molecule has 0 fully saturated rings. The lowest BCUT2D eigenvalue weighted by molar-refractivity contribution is -0.142. The number of ether oxygens (including phenoxy) is 1. The minimum atomic E-state index is -0.968. The Bertz CT molecular complexity index is 200. The Morgan fingerprint density at radius 3 is 1.94 bits per heavy atom. The Morgan fingerprint density at radius 1 is 1.38 bits per heavy atom.